The van der Waals surface area contributed by atoms with Crippen molar-refractivity contribution < 1.29 is 14.3 Å². The third kappa shape index (κ3) is 4.75. The van der Waals surface area contributed by atoms with Gasteiger partial charge in [0.05, 0.1) is 11.3 Å². The predicted molar refractivity (Wildman–Crippen MR) is 130 cm³/mol. The minimum absolute atomic E-state index is 0.0876. The molecular weight excluding hydrogens is 420 g/mol. The summed E-state index contributed by atoms with van der Waals surface area (Å²) in [6.07, 6.45) is 0. The maximum Gasteiger partial charge on any atom is 0.264 e. The summed E-state index contributed by atoms with van der Waals surface area (Å²) in [6.45, 7) is 6.80. The first-order valence-corrected chi connectivity index (χ1v) is 11.4. The number of amides is 1. The minimum atomic E-state index is -0.254. The lowest BCUT2D eigenvalue weighted by Crippen LogP contribution is -2.20. The van der Waals surface area contributed by atoms with Gasteiger partial charge in [-0.2, -0.15) is 0 Å². The average Bonchev–Trinajstić information content (AvgIpc) is 3.22. The second kappa shape index (κ2) is 9.40. The third-order valence-corrected chi connectivity index (χ3v) is 6.31. The first-order chi connectivity index (χ1) is 15.5. The van der Waals surface area contributed by atoms with E-state index in [1.54, 1.807) is 0 Å². The summed E-state index contributed by atoms with van der Waals surface area (Å²) in [5, 5.41) is 3.34. The first kappa shape index (κ1) is 21.8. The van der Waals surface area contributed by atoms with Gasteiger partial charge in [-0.05, 0) is 42.3 Å². The molecule has 0 bridgehead atoms. The van der Waals surface area contributed by atoms with Gasteiger partial charge in [0.2, 0.25) is 0 Å². The summed E-state index contributed by atoms with van der Waals surface area (Å²) in [6, 6.07) is 24.0. The van der Waals surface area contributed by atoms with Crippen LogP contribution in [-0.2, 0) is 10.2 Å². The smallest absolute Gasteiger partial charge is 0.264 e. The highest BCUT2D eigenvalue weighted by molar-refractivity contribution is 7.22. The second-order valence-electron chi connectivity index (χ2n) is 7.91. The van der Waals surface area contributed by atoms with Crippen LogP contribution < -0.4 is 14.8 Å². The van der Waals surface area contributed by atoms with Crippen LogP contribution in [0.15, 0.2) is 72.8 Å². The predicted octanol–water partition coefficient (Wildman–Crippen LogP) is 6.04. The Morgan fingerprint density at radius 3 is 2.38 bits per heavy atom. The number of nitrogens with zero attached hydrogens (tertiary/aromatic N) is 1. The van der Waals surface area contributed by atoms with Crippen molar-refractivity contribution in [1.29, 1.82) is 0 Å². The molecule has 5 nitrogen and oxygen atoms in total. The molecule has 3 aromatic carbocycles. The molecule has 164 valence electrons. The van der Waals surface area contributed by atoms with Crippen molar-refractivity contribution in [3.63, 3.8) is 0 Å². The zero-order valence-corrected chi connectivity index (χ0v) is 19.2. The lowest BCUT2D eigenvalue weighted by Gasteiger charge is -2.26. The van der Waals surface area contributed by atoms with Crippen LogP contribution in [0.1, 0.15) is 31.9 Å². The highest BCUT2D eigenvalue weighted by Gasteiger charge is 2.22. The van der Waals surface area contributed by atoms with Crippen molar-refractivity contribution >= 4 is 32.6 Å². The van der Waals surface area contributed by atoms with Gasteiger partial charge in [-0.15, -0.1) is 0 Å². The lowest BCUT2D eigenvalue weighted by molar-refractivity contribution is -0.118. The summed E-state index contributed by atoms with van der Waals surface area (Å²) in [7, 11) is 0. The molecule has 0 spiro atoms. The number of hydrogen-bond donors (Lipinski definition) is 1. The van der Waals surface area contributed by atoms with E-state index in [0.717, 1.165) is 16.0 Å². The number of benzene rings is 3. The average molecular weight is 447 g/mol. The van der Waals surface area contributed by atoms with E-state index in [2.05, 4.69) is 48.4 Å². The molecule has 0 saturated carbocycles. The summed E-state index contributed by atoms with van der Waals surface area (Å²) >= 11 is 1.41. The number of aromatic nitrogens is 1. The number of ether oxygens (including phenoxy) is 2. The number of carbonyl (C=O) groups is 1. The summed E-state index contributed by atoms with van der Waals surface area (Å²) in [4.78, 5) is 16.9. The Morgan fingerprint density at radius 2 is 1.66 bits per heavy atom. The number of fused-ring (bicyclic) bond motifs is 1. The van der Waals surface area contributed by atoms with Crippen LogP contribution in [-0.4, -0.2) is 24.1 Å². The highest BCUT2D eigenvalue weighted by atomic mass is 32.1. The Hall–Kier alpha value is -3.38. The van der Waals surface area contributed by atoms with Crippen LogP contribution >= 0.6 is 11.3 Å². The minimum Gasteiger partial charge on any atom is -0.492 e. The number of para-hydroxylation sites is 1. The Labute approximate surface area is 192 Å². The fourth-order valence-corrected chi connectivity index (χ4v) is 4.44. The van der Waals surface area contributed by atoms with E-state index in [9.17, 15) is 4.79 Å². The van der Waals surface area contributed by atoms with E-state index in [4.69, 9.17) is 9.47 Å². The van der Waals surface area contributed by atoms with Crippen LogP contribution in [0.25, 0.3) is 10.2 Å². The van der Waals surface area contributed by atoms with Crippen LogP contribution in [0.2, 0.25) is 0 Å². The van der Waals surface area contributed by atoms with Gasteiger partial charge in [-0.1, -0.05) is 73.7 Å². The van der Waals surface area contributed by atoms with E-state index in [1.165, 1.54) is 22.5 Å². The Bertz CT molecular complexity index is 1200. The lowest BCUT2D eigenvalue weighted by atomic mass is 9.78. The van der Waals surface area contributed by atoms with Gasteiger partial charge in [-0.25, -0.2) is 4.98 Å². The molecule has 6 heteroatoms. The van der Waals surface area contributed by atoms with Crippen molar-refractivity contribution in [2.75, 3.05) is 18.5 Å². The molecule has 0 aliphatic rings. The molecule has 1 amide bonds. The van der Waals surface area contributed by atoms with E-state index in [0.29, 0.717) is 17.5 Å². The van der Waals surface area contributed by atoms with Gasteiger partial charge in [0.15, 0.2) is 11.7 Å². The SMILES string of the molecule is CCOc1cccc2sc(NC(=O)COc3ccc(C(C)(C)c4ccccc4)cc3)nc12. The fourth-order valence-electron chi connectivity index (χ4n) is 3.54. The van der Waals surface area contributed by atoms with Crippen LogP contribution in [0, 0.1) is 0 Å². The normalized spacial score (nSPS) is 11.3. The molecule has 1 N–H and O–H groups in total. The van der Waals surface area contributed by atoms with Crippen molar-refractivity contribution in [2.45, 2.75) is 26.2 Å². The van der Waals surface area contributed by atoms with Crippen LogP contribution in [0.3, 0.4) is 0 Å². The number of nitrogens with one attached hydrogen (secondary N) is 1. The molecule has 0 radical (unpaired) electrons. The molecule has 32 heavy (non-hydrogen) atoms. The van der Waals surface area contributed by atoms with Gasteiger partial charge in [0.1, 0.15) is 17.0 Å². The molecule has 0 atom stereocenters. The van der Waals surface area contributed by atoms with E-state index in [1.807, 2.05) is 55.5 Å². The standard InChI is InChI=1S/C26H26N2O3S/c1-4-30-21-11-8-12-22-24(21)28-25(32-22)27-23(29)17-31-20-15-13-19(14-16-20)26(2,3)18-9-6-5-7-10-18/h5-16H,4,17H2,1-3H3,(H,27,28,29). The van der Waals surface area contributed by atoms with Gasteiger partial charge in [-0.3, -0.25) is 10.1 Å². The van der Waals surface area contributed by atoms with Crippen molar-refractivity contribution in [3.05, 3.63) is 83.9 Å². The maximum absolute atomic E-state index is 12.4. The van der Waals surface area contributed by atoms with Crippen LogP contribution in [0.5, 0.6) is 11.5 Å². The first-order valence-electron chi connectivity index (χ1n) is 10.6. The molecule has 4 aromatic rings. The van der Waals surface area contributed by atoms with Gasteiger partial charge in [0, 0.05) is 5.41 Å². The van der Waals surface area contributed by atoms with Crippen LogP contribution in [0.4, 0.5) is 5.13 Å². The van der Waals surface area contributed by atoms with Gasteiger partial charge >= 0.3 is 0 Å². The summed E-state index contributed by atoms with van der Waals surface area (Å²) in [5.74, 6) is 1.11. The molecule has 0 aliphatic heterocycles. The fraction of sp³-hybridized carbons (Fsp3) is 0.231. The molecule has 1 aromatic heterocycles. The topological polar surface area (TPSA) is 60.5 Å². The molecule has 0 fully saturated rings. The molecule has 0 aliphatic carbocycles. The third-order valence-electron chi connectivity index (χ3n) is 5.37. The Morgan fingerprint density at radius 1 is 0.938 bits per heavy atom. The Kier molecular flexibility index (Phi) is 6.42. The number of rotatable bonds is 8. The molecule has 0 saturated heterocycles. The molecule has 4 rings (SSSR count). The second-order valence-corrected chi connectivity index (χ2v) is 8.94. The van der Waals surface area contributed by atoms with Crippen molar-refractivity contribution in [2.24, 2.45) is 0 Å². The summed E-state index contributed by atoms with van der Waals surface area (Å²) in [5.41, 5.74) is 3.06. The van der Waals surface area contributed by atoms with Crippen molar-refractivity contribution in [1.82, 2.24) is 4.98 Å². The van der Waals surface area contributed by atoms with E-state index >= 15 is 0 Å². The van der Waals surface area contributed by atoms with Gasteiger partial charge in [0.25, 0.3) is 5.91 Å². The maximum atomic E-state index is 12.4. The molecular formula is C26H26N2O3S. The van der Waals surface area contributed by atoms with Crippen molar-refractivity contribution in [3.8, 4) is 11.5 Å². The monoisotopic (exact) mass is 446 g/mol. The zero-order valence-electron chi connectivity index (χ0n) is 18.4. The largest absolute Gasteiger partial charge is 0.492 e. The zero-order chi connectivity index (χ0) is 22.6. The number of hydrogen-bond acceptors (Lipinski definition) is 5. The molecule has 1 heterocycles. The highest BCUT2D eigenvalue weighted by Crippen LogP contribution is 2.33. The molecule has 0 unspecified atom stereocenters. The number of carbonyl (C=O) groups excluding carboxylic acids is 1. The van der Waals surface area contributed by atoms with Gasteiger partial charge < -0.3 is 9.47 Å². The van der Waals surface area contributed by atoms with E-state index in [-0.39, 0.29) is 17.9 Å². The Balaban J connectivity index is 1.37. The number of anilines is 1. The number of thiazole rings is 1. The summed E-state index contributed by atoms with van der Waals surface area (Å²) < 4.78 is 12.3. The van der Waals surface area contributed by atoms with E-state index < -0.39 is 0 Å². The quantitative estimate of drug-likeness (QED) is 0.359.